The van der Waals surface area contributed by atoms with E-state index >= 15 is 0 Å². The van der Waals surface area contributed by atoms with Crippen LogP contribution in [0, 0.1) is 0 Å². The van der Waals surface area contributed by atoms with Crippen LogP contribution in [0.15, 0.2) is 24.3 Å². The number of benzene rings is 1. The molecule has 0 spiro atoms. The van der Waals surface area contributed by atoms with Crippen molar-refractivity contribution >= 4 is 11.9 Å². The van der Waals surface area contributed by atoms with E-state index in [1.54, 1.807) is 12.1 Å². The van der Waals surface area contributed by atoms with Gasteiger partial charge in [0.1, 0.15) is 0 Å². The van der Waals surface area contributed by atoms with Gasteiger partial charge < -0.3 is 10.0 Å². The molecule has 1 fully saturated rings. The first-order valence-electron chi connectivity index (χ1n) is 6.94. The molecule has 1 aliphatic rings. The number of piperidine rings is 1. The van der Waals surface area contributed by atoms with Crippen LogP contribution in [0.1, 0.15) is 29.9 Å². The lowest BCUT2D eigenvalue weighted by atomic mass is 9.89. The fraction of sp³-hybridized carbons (Fsp3) is 0.467. The van der Waals surface area contributed by atoms with E-state index in [-0.39, 0.29) is 25.4 Å². The third-order valence-electron chi connectivity index (χ3n) is 3.83. The number of carboxylic acid groups (broad SMARTS) is 1. The minimum atomic E-state index is -4.81. The number of aliphatic carboxylic acids is 1. The average molecular weight is 315 g/mol. The first-order valence-corrected chi connectivity index (χ1v) is 6.94. The molecule has 1 N–H and O–H groups in total. The summed E-state index contributed by atoms with van der Waals surface area (Å²) in [5.41, 5.74) is 1.65. The predicted octanol–water partition coefficient (Wildman–Crippen LogP) is 2.58. The van der Waals surface area contributed by atoms with E-state index in [0.29, 0.717) is 18.4 Å². The molecule has 0 radical (unpaired) electrons. The quantitative estimate of drug-likeness (QED) is 0.933. The Bertz CT molecular complexity index is 546. The fourth-order valence-corrected chi connectivity index (χ4v) is 2.68. The lowest BCUT2D eigenvalue weighted by molar-refractivity contribution is -0.186. The maximum Gasteiger partial charge on any atom is 0.471 e. The van der Waals surface area contributed by atoms with Gasteiger partial charge in [-0.15, -0.1) is 0 Å². The topological polar surface area (TPSA) is 57.6 Å². The van der Waals surface area contributed by atoms with Gasteiger partial charge in [0.15, 0.2) is 0 Å². The van der Waals surface area contributed by atoms with Crippen LogP contribution in [0.2, 0.25) is 0 Å². The molecule has 0 aliphatic carbocycles. The molecular formula is C15H16F3NO3. The molecule has 1 aliphatic heterocycles. The highest BCUT2D eigenvalue weighted by molar-refractivity contribution is 5.81. The third kappa shape index (κ3) is 3.99. The van der Waals surface area contributed by atoms with Crippen LogP contribution in [-0.2, 0) is 16.0 Å². The number of hydrogen-bond acceptors (Lipinski definition) is 2. The van der Waals surface area contributed by atoms with E-state index in [1.807, 2.05) is 12.1 Å². The maximum absolute atomic E-state index is 12.4. The second kappa shape index (κ2) is 6.37. The highest BCUT2D eigenvalue weighted by Gasteiger charge is 2.43. The van der Waals surface area contributed by atoms with Crippen molar-refractivity contribution < 1.29 is 27.9 Å². The van der Waals surface area contributed by atoms with Crippen LogP contribution in [0.3, 0.4) is 0 Å². The second-order valence-corrected chi connectivity index (χ2v) is 5.38. The summed E-state index contributed by atoms with van der Waals surface area (Å²) in [6, 6.07) is 7.06. The molecule has 120 valence electrons. The second-order valence-electron chi connectivity index (χ2n) is 5.38. The smallest absolute Gasteiger partial charge is 0.471 e. The summed E-state index contributed by atoms with van der Waals surface area (Å²) >= 11 is 0. The first-order chi connectivity index (χ1) is 10.3. The Hall–Kier alpha value is -2.05. The maximum atomic E-state index is 12.4. The van der Waals surface area contributed by atoms with E-state index in [4.69, 9.17) is 5.11 Å². The van der Waals surface area contributed by atoms with E-state index in [2.05, 4.69) is 0 Å². The SMILES string of the molecule is O=C(O)Cc1ccc(C2CCN(C(=O)C(F)(F)F)CC2)cc1. The Labute approximate surface area is 125 Å². The van der Waals surface area contributed by atoms with Crippen LogP contribution in [-0.4, -0.2) is 41.1 Å². The van der Waals surface area contributed by atoms with Gasteiger partial charge in [0.2, 0.25) is 0 Å². The standard InChI is InChI=1S/C15H16F3NO3/c16-15(17,18)14(22)19-7-5-12(6-8-19)11-3-1-10(2-4-11)9-13(20)21/h1-4,12H,5-9H2,(H,20,21). The molecule has 0 aromatic heterocycles. The monoisotopic (exact) mass is 315 g/mol. The number of hydrogen-bond donors (Lipinski definition) is 1. The van der Waals surface area contributed by atoms with E-state index < -0.39 is 18.1 Å². The zero-order valence-electron chi connectivity index (χ0n) is 11.8. The molecule has 1 saturated heterocycles. The van der Waals surface area contributed by atoms with Gasteiger partial charge in [0.05, 0.1) is 6.42 Å². The molecule has 0 saturated carbocycles. The highest BCUT2D eigenvalue weighted by Crippen LogP contribution is 2.30. The molecule has 0 bridgehead atoms. The van der Waals surface area contributed by atoms with E-state index in [9.17, 15) is 22.8 Å². The van der Waals surface area contributed by atoms with Crippen molar-refractivity contribution in [2.45, 2.75) is 31.4 Å². The van der Waals surface area contributed by atoms with Crippen LogP contribution in [0.4, 0.5) is 13.2 Å². The molecule has 2 rings (SSSR count). The number of carbonyl (C=O) groups is 2. The summed E-state index contributed by atoms with van der Waals surface area (Å²) < 4.78 is 37.1. The molecular weight excluding hydrogens is 299 g/mol. The van der Waals surface area contributed by atoms with Gasteiger partial charge in [-0.25, -0.2) is 0 Å². The van der Waals surface area contributed by atoms with Gasteiger partial charge in [-0.3, -0.25) is 9.59 Å². The normalized spacial score (nSPS) is 16.6. The number of rotatable bonds is 3. The zero-order chi connectivity index (χ0) is 16.3. The van der Waals surface area contributed by atoms with Crippen molar-refractivity contribution in [3.63, 3.8) is 0 Å². The summed E-state index contributed by atoms with van der Waals surface area (Å²) in [5.74, 6) is -2.59. The summed E-state index contributed by atoms with van der Waals surface area (Å²) in [7, 11) is 0. The summed E-state index contributed by atoms with van der Waals surface area (Å²) in [6.07, 6.45) is -3.93. The number of carbonyl (C=O) groups excluding carboxylic acids is 1. The molecule has 1 aromatic rings. The van der Waals surface area contributed by atoms with Gasteiger partial charge in [-0.2, -0.15) is 13.2 Å². The molecule has 1 amide bonds. The number of alkyl halides is 3. The van der Waals surface area contributed by atoms with Crippen molar-refractivity contribution in [3.05, 3.63) is 35.4 Å². The Kier molecular flexibility index (Phi) is 4.73. The van der Waals surface area contributed by atoms with Crippen molar-refractivity contribution in [1.82, 2.24) is 4.90 Å². The Balaban J connectivity index is 1.94. The minimum Gasteiger partial charge on any atom is -0.481 e. The van der Waals surface area contributed by atoms with Crippen LogP contribution >= 0.6 is 0 Å². The lowest BCUT2D eigenvalue weighted by Gasteiger charge is -2.32. The van der Waals surface area contributed by atoms with Crippen LogP contribution in [0.5, 0.6) is 0 Å². The van der Waals surface area contributed by atoms with Gasteiger partial charge in [-0.1, -0.05) is 24.3 Å². The van der Waals surface area contributed by atoms with Crippen LogP contribution in [0.25, 0.3) is 0 Å². The number of halogens is 3. The molecule has 0 atom stereocenters. The van der Waals surface area contributed by atoms with Crippen LogP contribution < -0.4 is 0 Å². The van der Waals surface area contributed by atoms with Crippen molar-refractivity contribution in [3.8, 4) is 0 Å². The summed E-state index contributed by atoms with van der Waals surface area (Å²) in [6.45, 7) is 0.166. The Morgan fingerprint density at radius 3 is 2.14 bits per heavy atom. The Morgan fingerprint density at radius 1 is 1.14 bits per heavy atom. The number of carboxylic acids is 1. The van der Waals surface area contributed by atoms with Crippen molar-refractivity contribution in [1.29, 1.82) is 0 Å². The molecule has 4 nitrogen and oxygen atoms in total. The third-order valence-corrected chi connectivity index (χ3v) is 3.83. The van der Waals surface area contributed by atoms with Crippen molar-refractivity contribution in [2.75, 3.05) is 13.1 Å². The molecule has 1 heterocycles. The Morgan fingerprint density at radius 2 is 1.68 bits per heavy atom. The molecule has 0 unspecified atom stereocenters. The summed E-state index contributed by atoms with van der Waals surface area (Å²) in [4.78, 5) is 22.6. The van der Waals surface area contributed by atoms with Gasteiger partial charge in [-0.05, 0) is 29.9 Å². The number of nitrogens with zero attached hydrogens (tertiary/aromatic N) is 1. The number of likely N-dealkylation sites (tertiary alicyclic amines) is 1. The zero-order valence-corrected chi connectivity index (χ0v) is 11.8. The van der Waals surface area contributed by atoms with Gasteiger partial charge >= 0.3 is 18.1 Å². The lowest BCUT2D eigenvalue weighted by Crippen LogP contribution is -2.45. The molecule has 7 heteroatoms. The minimum absolute atomic E-state index is 0.0567. The summed E-state index contributed by atoms with van der Waals surface area (Å²) in [5, 5.41) is 8.70. The predicted molar refractivity (Wildman–Crippen MR) is 72.4 cm³/mol. The molecule has 1 aromatic carbocycles. The van der Waals surface area contributed by atoms with E-state index in [0.717, 1.165) is 10.5 Å². The van der Waals surface area contributed by atoms with E-state index in [1.165, 1.54) is 0 Å². The number of amides is 1. The van der Waals surface area contributed by atoms with Gasteiger partial charge in [0, 0.05) is 13.1 Å². The largest absolute Gasteiger partial charge is 0.481 e. The highest BCUT2D eigenvalue weighted by atomic mass is 19.4. The average Bonchev–Trinajstić information content (AvgIpc) is 2.46. The first kappa shape index (κ1) is 16.3. The van der Waals surface area contributed by atoms with Crippen molar-refractivity contribution in [2.24, 2.45) is 0 Å². The molecule has 22 heavy (non-hydrogen) atoms. The fourth-order valence-electron chi connectivity index (χ4n) is 2.68. The van der Waals surface area contributed by atoms with Gasteiger partial charge in [0.25, 0.3) is 0 Å².